The van der Waals surface area contributed by atoms with Gasteiger partial charge in [0, 0.05) is 29.9 Å². The summed E-state index contributed by atoms with van der Waals surface area (Å²) in [5, 5.41) is 8.15. The van der Waals surface area contributed by atoms with Crippen LogP contribution >= 0.6 is 12.2 Å². The van der Waals surface area contributed by atoms with E-state index in [1.54, 1.807) is 44.5 Å². The predicted molar refractivity (Wildman–Crippen MR) is 106 cm³/mol. The number of anilines is 1. The first kappa shape index (κ1) is 19.1. The number of para-hydroxylation sites is 1. The van der Waals surface area contributed by atoms with E-state index < -0.39 is 0 Å². The summed E-state index contributed by atoms with van der Waals surface area (Å²) in [4.78, 5) is 23.5. The second-order valence-electron chi connectivity index (χ2n) is 5.18. The van der Waals surface area contributed by atoms with Gasteiger partial charge in [-0.1, -0.05) is 18.2 Å². The smallest absolute Gasteiger partial charge is 0.251 e. The van der Waals surface area contributed by atoms with E-state index in [1.165, 1.54) is 6.08 Å². The van der Waals surface area contributed by atoms with Crippen molar-refractivity contribution in [3.63, 3.8) is 0 Å². The molecule has 134 valence electrons. The molecule has 0 heterocycles. The summed E-state index contributed by atoms with van der Waals surface area (Å²) >= 11 is 5.12. The highest BCUT2D eigenvalue weighted by Gasteiger charge is 2.05. The zero-order valence-corrected chi connectivity index (χ0v) is 15.2. The van der Waals surface area contributed by atoms with Gasteiger partial charge in [0.2, 0.25) is 5.91 Å². The number of hydrogen-bond acceptors (Lipinski definition) is 4. The SMILES string of the molecule is CNC(=O)c1ccc(NC(=S)NC(=O)/C=C/c2ccccc2OC)cc1. The minimum Gasteiger partial charge on any atom is -0.496 e. The van der Waals surface area contributed by atoms with Crippen molar-refractivity contribution in [3.05, 3.63) is 65.7 Å². The Morgan fingerprint density at radius 2 is 1.77 bits per heavy atom. The van der Waals surface area contributed by atoms with Gasteiger partial charge in [0.1, 0.15) is 5.75 Å². The Hall–Kier alpha value is -3.19. The zero-order chi connectivity index (χ0) is 18.9. The maximum absolute atomic E-state index is 12.0. The van der Waals surface area contributed by atoms with Gasteiger partial charge in [0.05, 0.1) is 7.11 Å². The first-order valence-corrected chi connectivity index (χ1v) is 8.19. The number of benzene rings is 2. The Morgan fingerprint density at radius 1 is 1.08 bits per heavy atom. The van der Waals surface area contributed by atoms with Crippen molar-refractivity contribution in [2.45, 2.75) is 0 Å². The maximum atomic E-state index is 12.0. The van der Waals surface area contributed by atoms with Crippen LogP contribution in [-0.4, -0.2) is 31.1 Å². The fraction of sp³-hybridized carbons (Fsp3) is 0.105. The molecule has 0 radical (unpaired) electrons. The largest absolute Gasteiger partial charge is 0.496 e. The fourth-order valence-electron chi connectivity index (χ4n) is 2.13. The van der Waals surface area contributed by atoms with Gasteiger partial charge in [-0.25, -0.2) is 0 Å². The lowest BCUT2D eigenvalue weighted by molar-refractivity contribution is -0.115. The highest BCUT2D eigenvalue weighted by molar-refractivity contribution is 7.80. The van der Waals surface area contributed by atoms with Gasteiger partial charge in [0.25, 0.3) is 5.91 Å². The fourth-order valence-corrected chi connectivity index (χ4v) is 2.35. The van der Waals surface area contributed by atoms with Crippen LogP contribution in [0.4, 0.5) is 5.69 Å². The summed E-state index contributed by atoms with van der Waals surface area (Å²) < 4.78 is 5.22. The summed E-state index contributed by atoms with van der Waals surface area (Å²) in [5.41, 5.74) is 1.98. The molecular weight excluding hydrogens is 350 g/mol. The quantitative estimate of drug-likeness (QED) is 0.558. The number of ether oxygens (including phenoxy) is 1. The number of amides is 2. The van der Waals surface area contributed by atoms with Crippen LogP contribution in [0.1, 0.15) is 15.9 Å². The molecule has 0 aliphatic carbocycles. The number of rotatable bonds is 5. The molecule has 0 atom stereocenters. The molecule has 0 saturated carbocycles. The molecule has 2 aromatic rings. The van der Waals surface area contributed by atoms with E-state index in [4.69, 9.17) is 17.0 Å². The molecule has 2 aromatic carbocycles. The molecule has 7 heteroatoms. The van der Waals surface area contributed by atoms with E-state index in [0.717, 1.165) is 5.56 Å². The Morgan fingerprint density at radius 3 is 2.42 bits per heavy atom. The highest BCUT2D eigenvalue weighted by Crippen LogP contribution is 2.18. The number of methoxy groups -OCH3 is 1. The van der Waals surface area contributed by atoms with E-state index >= 15 is 0 Å². The van der Waals surface area contributed by atoms with Crippen LogP contribution < -0.4 is 20.7 Å². The number of carbonyl (C=O) groups excluding carboxylic acids is 2. The number of nitrogens with one attached hydrogen (secondary N) is 3. The van der Waals surface area contributed by atoms with Crippen molar-refractivity contribution in [2.24, 2.45) is 0 Å². The average Bonchev–Trinajstić information content (AvgIpc) is 2.66. The number of carbonyl (C=O) groups is 2. The van der Waals surface area contributed by atoms with Gasteiger partial charge >= 0.3 is 0 Å². The lowest BCUT2D eigenvalue weighted by atomic mass is 10.2. The van der Waals surface area contributed by atoms with Crippen molar-refractivity contribution in [2.75, 3.05) is 19.5 Å². The molecule has 0 unspecified atom stereocenters. The minimum absolute atomic E-state index is 0.160. The molecule has 0 bridgehead atoms. The Balaban J connectivity index is 1.92. The Labute approximate surface area is 157 Å². The summed E-state index contributed by atoms with van der Waals surface area (Å²) in [6.45, 7) is 0. The van der Waals surface area contributed by atoms with E-state index in [0.29, 0.717) is 17.0 Å². The first-order chi connectivity index (χ1) is 12.5. The molecule has 0 spiro atoms. The monoisotopic (exact) mass is 369 g/mol. The summed E-state index contributed by atoms with van der Waals surface area (Å²) in [7, 11) is 3.14. The van der Waals surface area contributed by atoms with Gasteiger partial charge in [0.15, 0.2) is 5.11 Å². The van der Waals surface area contributed by atoms with E-state index in [2.05, 4.69) is 16.0 Å². The van der Waals surface area contributed by atoms with E-state index in [1.807, 2.05) is 24.3 Å². The van der Waals surface area contributed by atoms with E-state index in [-0.39, 0.29) is 16.9 Å². The van der Waals surface area contributed by atoms with Crippen molar-refractivity contribution < 1.29 is 14.3 Å². The van der Waals surface area contributed by atoms with Gasteiger partial charge in [-0.3, -0.25) is 14.9 Å². The number of thiocarbonyl (C=S) groups is 1. The highest BCUT2D eigenvalue weighted by atomic mass is 32.1. The van der Waals surface area contributed by atoms with Crippen LogP contribution in [0.5, 0.6) is 5.75 Å². The van der Waals surface area contributed by atoms with Crippen molar-refractivity contribution in [1.29, 1.82) is 0 Å². The summed E-state index contributed by atoms with van der Waals surface area (Å²) in [6, 6.07) is 14.1. The van der Waals surface area contributed by atoms with Crippen LogP contribution in [0.25, 0.3) is 6.08 Å². The molecule has 3 N–H and O–H groups in total. The van der Waals surface area contributed by atoms with Gasteiger partial charge in [-0.2, -0.15) is 0 Å². The molecular formula is C19H19N3O3S. The molecule has 2 rings (SSSR count). The molecule has 2 amide bonds. The molecule has 0 saturated heterocycles. The molecule has 26 heavy (non-hydrogen) atoms. The standard InChI is InChI=1S/C19H19N3O3S/c1-20-18(24)14-7-10-15(11-8-14)21-19(26)22-17(23)12-9-13-5-3-4-6-16(13)25-2/h3-12H,1-2H3,(H,20,24)(H2,21,22,23,26)/b12-9+. The third-order valence-corrected chi connectivity index (χ3v) is 3.63. The predicted octanol–water partition coefficient (Wildman–Crippen LogP) is 2.58. The average molecular weight is 369 g/mol. The van der Waals surface area contributed by atoms with Crippen LogP contribution in [0.15, 0.2) is 54.6 Å². The topological polar surface area (TPSA) is 79.5 Å². The number of hydrogen-bond donors (Lipinski definition) is 3. The normalized spacial score (nSPS) is 10.2. The molecule has 0 fully saturated rings. The summed E-state index contributed by atoms with van der Waals surface area (Å²) in [6.07, 6.45) is 3.02. The first-order valence-electron chi connectivity index (χ1n) is 7.78. The van der Waals surface area contributed by atoms with Gasteiger partial charge < -0.3 is 15.4 Å². The molecule has 0 aliphatic heterocycles. The van der Waals surface area contributed by atoms with Gasteiger partial charge in [-0.15, -0.1) is 0 Å². The van der Waals surface area contributed by atoms with Crippen LogP contribution in [0, 0.1) is 0 Å². The van der Waals surface area contributed by atoms with Crippen LogP contribution in [0.2, 0.25) is 0 Å². The molecule has 6 nitrogen and oxygen atoms in total. The van der Waals surface area contributed by atoms with Crippen molar-refractivity contribution >= 4 is 40.9 Å². The molecule has 0 aromatic heterocycles. The Kier molecular flexibility index (Phi) is 6.87. The lowest BCUT2D eigenvalue weighted by Crippen LogP contribution is -2.32. The lowest BCUT2D eigenvalue weighted by Gasteiger charge is -2.09. The Bertz CT molecular complexity index is 832. The van der Waals surface area contributed by atoms with Crippen molar-refractivity contribution in [3.8, 4) is 5.75 Å². The maximum Gasteiger partial charge on any atom is 0.251 e. The third kappa shape index (κ3) is 5.42. The molecule has 0 aliphatic rings. The van der Waals surface area contributed by atoms with Crippen LogP contribution in [-0.2, 0) is 4.79 Å². The summed E-state index contributed by atoms with van der Waals surface area (Å²) in [5.74, 6) is 0.137. The third-order valence-electron chi connectivity index (χ3n) is 3.42. The van der Waals surface area contributed by atoms with Crippen molar-refractivity contribution in [1.82, 2.24) is 10.6 Å². The second kappa shape index (κ2) is 9.33. The minimum atomic E-state index is -0.365. The second-order valence-corrected chi connectivity index (χ2v) is 5.58. The van der Waals surface area contributed by atoms with Gasteiger partial charge in [-0.05, 0) is 48.6 Å². The zero-order valence-electron chi connectivity index (χ0n) is 14.4. The van der Waals surface area contributed by atoms with E-state index in [9.17, 15) is 9.59 Å². The van der Waals surface area contributed by atoms with Crippen LogP contribution in [0.3, 0.4) is 0 Å².